The first-order chi connectivity index (χ1) is 11.4. The van der Waals surface area contributed by atoms with Crippen molar-refractivity contribution in [2.24, 2.45) is 0 Å². The van der Waals surface area contributed by atoms with Crippen molar-refractivity contribution >= 4 is 5.97 Å². The number of carbonyl (C=O) groups is 1. The molecular formula is C20H24O4. The number of hydrogen-bond donors (Lipinski definition) is 1. The first kappa shape index (κ1) is 17.9. The molecule has 0 saturated carbocycles. The predicted octanol–water partition coefficient (Wildman–Crippen LogP) is 4.53. The number of carboxylic acids is 1. The van der Waals surface area contributed by atoms with Gasteiger partial charge >= 0.3 is 5.97 Å². The molecule has 0 bridgehead atoms. The minimum atomic E-state index is -0.956. The number of aromatic carboxylic acids is 1. The first-order valence-electron chi connectivity index (χ1n) is 8.06. The number of carboxylic acid groups (broad SMARTS) is 1. The molecule has 2 aromatic rings. The lowest BCUT2D eigenvalue weighted by Crippen LogP contribution is -2.10. The molecule has 24 heavy (non-hydrogen) atoms. The SMILES string of the molecule is CC(C)(C)c1ccc(OCCCOc2cccc(C(=O)O)c2)cc1. The lowest BCUT2D eigenvalue weighted by molar-refractivity contribution is 0.0696. The fraction of sp³-hybridized carbons (Fsp3) is 0.350. The number of ether oxygens (including phenoxy) is 2. The van der Waals surface area contributed by atoms with Gasteiger partial charge in [-0.2, -0.15) is 0 Å². The van der Waals surface area contributed by atoms with Gasteiger partial charge in [0.05, 0.1) is 18.8 Å². The van der Waals surface area contributed by atoms with E-state index in [4.69, 9.17) is 14.6 Å². The highest BCUT2D eigenvalue weighted by Gasteiger charge is 2.12. The third-order valence-electron chi connectivity index (χ3n) is 3.63. The lowest BCUT2D eigenvalue weighted by atomic mass is 9.87. The molecule has 0 atom stereocenters. The van der Waals surface area contributed by atoms with E-state index < -0.39 is 5.97 Å². The second-order valence-corrected chi connectivity index (χ2v) is 6.66. The second kappa shape index (κ2) is 7.86. The molecule has 4 nitrogen and oxygen atoms in total. The van der Waals surface area contributed by atoms with Gasteiger partial charge in [0, 0.05) is 6.42 Å². The van der Waals surface area contributed by atoms with Crippen molar-refractivity contribution in [2.45, 2.75) is 32.6 Å². The van der Waals surface area contributed by atoms with Crippen LogP contribution in [0, 0.1) is 0 Å². The van der Waals surface area contributed by atoms with Gasteiger partial charge in [0.25, 0.3) is 0 Å². The van der Waals surface area contributed by atoms with Crippen molar-refractivity contribution in [3.05, 3.63) is 59.7 Å². The predicted molar refractivity (Wildman–Crippen MR) is 94.2 cm³/mol. The van der Waals surface area contributed by atoms with Gasteiger partial charge in [0.1, 0.15) is 11.5 Å². The molecule has 0 aliphatic heterocycles. The Balaban J connectivity index is 1.73. The summed E-state index contributed by atoms with van der Waals surface area (Å²) in [6, 6.07) is 14.6. The summed E-state index contributed by atoms with van der Waals surface area (Å²) >= 11 is 0. The van der Waals surface area contributed by atoms with Crippen LogP contribution in [0.5, 0.6) is 11.5 Å². The summed E-state index contributed by atoms with van der Waals surface area (Å²) in [7, 11) is 0. The van der Waals surface area contributed by atoms with E-state index in [2.05, 4.69) is 32.9 Å². The Labute approximate surface area is 143 Å². The van der Waals surface area contributed by atoms with Crippen LogP contribution in [0.15, 0.2) is 48.5 Å². The number of rotatable bonds is 7. The maximum Gasteiger partial charge on any atom is 0.335 e. The standard InChI is InChI=1S/C20H24O4/c1-20(2,3)16-8-10-17(11-9-16)23-12-5-13-24-18-7-4-6-15(14-18)19(21)22/h4,6-11,14H,5,12-13H2,1-3H3,(H,21,22). The van der Waals surface area contributed by atoms with E-state index in [1.807, 2.05) is 12.1 Å². The Kier molecular flexibility index (Phi) is 5.85. The van der Waals surface area contributed by atoms with Gasteiger partial charge in [-0.05, 0) is 41.3 Å². The van der Waals surface area contributed by atoms with E-state index in [1.165, 1.54) is 11.6 Å². The maximum atomic E-state index is 10.9. The Morgan fingerprint density at radius 1 is 0.958 bits per heavy atom. The summed E-state index contributed by atoms with van der Waals surface area (Å²) in [6.07, 6.45) is 0.721. The molecule has 0 aliphatic carbocycles. The first-order valence-corrected chi connectivity index (χ1v) is 8.06. The van der Waals surface area contributed by atoms with E-state index in [0.29, 0.717) is 19.0 Å². The van der Waals surface area contributed by atoms with Crippen LogP contribution in [0.4, 0.5) is 0 Å². The summed E-state index contributed by atoms with van der Waals surface area (Å²) in [6.45, 7) is 7.56. The topological polar surface area (TPSA) is 55.8 Å². The molecule has 0 unspecified atom stereocenters. The van der Waals surface area contributed by atoms with Gasteiger partial charge in [0.15, 0.2) is 0 Å². The molecule has 4 heteroatoms. The molecule has 0 saturated heterocycles. The van der Waals surface area contributed by atoms with Crippen LogP contribution in [-0.2, 0) is 5.41 Å². The molecule has 0 amide bonds. The Morgan fingerprint density at radius 2 is 1.58 bits per heavy atom. The normalized spacial score (nSPS) is 11.1. The average molecular weight is 328 g/mol. The van der Waals surface area contributed by atoms with Crippen LogP contribution in [-0.4, -0.2) is 24.3 Å². The van der Waals surface area contributed by atoms with Crippen molar-refractivity contribution in [2.75, 3.05) is 13.2 Å². The van der Waals surface area contributed by atoms with Crippen molar-refractivity contribution in [1.82, 2.24) is 0 Å². The summed E-state index contributed by atoms with van der Waals surface area (Å²) in [5.41, 5.74) is 1.64. The monoisotopic (exact) mass is 328 g/mol. The van der Waals surface area contributed by atoms with Gasteiger partial charge in [-0.25, -0.2) is 4.79 Å². The zero-order valence-electron chi connectivity index (χ0n) is 14.4. The number of hydrogen-bond acceptors (Lipinski definition) is 3. The van der Waals surface area contributed by atoms with Crippen LogP contribution in [0.1, 0.15) is 43.1 Å². The highest BCUT2D eigenvalue weighted by Crippen LogP contribution is 2.24. The van der Waals surface area contributed by atoms with Crippen LogP contribution in [0.25, 0.3) is 0 Å². The van der Waals surface area contributed by atoms with Crippen molar-refractivity contribution in [1.29, 1.82) is 0 Å². The fourth-order valence-corrected chi connectivity index (χ4v) is 2.21. The van der Waals surface area contributed by atoms with Gasteiger partial charge in [-0.1, -0.05) is 39.0 Å². The number of benzene rings is 2. The third kappa shape index (κ3) is 5.30. The molecule has 128 valence electrons. The molecule has 0 heterocycles. The molecule has 0 fully saturated rings. The molecule has 2 rings (SSSR count). The van der Waals surface area contributed by atoms with Crippen LogP contribution >= 0.6 is 0 Å². The maximum absolute atomic E-state index is 10.9. The van der Waals surface area contributed by atoms with Crippen LogP contribution < -0.4 is 9.47 Å². The van der Waals surface area contributed by atoms with E-state index in [-0.39, 0.29) is 11.0 Å². The highest BCUT2D eigenvalue weighted by atomic mass is 16.5. The van der Waals surface area contributed by atoms with Crippen LogP contribution in [0.3, 0.4) is 0 Å². The Hall–Kier alpha value is -2.49. The molecule has 0 aromatic heterocycles. The quantitative estimate of drug-likeness (QED) is 0.759. The van der Waals surface area contributed by atoms with E-state index in [0.717, 1.165) is 12.2 Å². The van der Waals surface area contributed by atoms with Crippen molar-refractivity contribution in [3.63, 3.8) is 0 Å². The highest BCUT2D eigenvalue weighted by molar-refractivity contribution is 5.87. The molecule has 1 N–H and O–H groups in total. The smallest absolute Gasteiger partial charge is 0.335 e. The largest absolute Gasteiger partial charge is 0.493 e. The molecule has 0 aliphatic rings. The Morgan fingerprint density at radius 3 is 2.17 bits per heavy atom. The molecule has 0 spiro atoms. The van der Waals surface area contributed by atoms with Crippen molar-refractivity contribution in [3.8, 4) is 11.5 Å². The molecular weight excluding hydrogens is 304 g/mol. The van der Waals surface area contributed by atoms with Crippen molar-refractivity contribution < 1.29 is 19.4 Å². The zero-order valence-corrected chi connectivity index (χ0v) is 14.4. The van der Waals surface area contributed by atoms with E-state index in [9.17, 15) is 4.79 Å². The summed E-state index contributed by atoms with van der Waals surface area (Å²) in [4.78, 5) is 10.9. The minimum Gasteiger partial charge on any atom is -0.493 e. The van der Waals surface area contributed by atoms with E-state index >= 15 is 0 Å². The summed E-state index contributed by atoms with van der Waals surface area (Å²) in [5, 5.41) is 8.94. The van der Waals surface area contributed by atoms with E-state index in [1.54, 1.807) is 18.2 Å². The fourth-order valence-electron chi connectivity index (χ4n) is 2.21. The van der Waals surface area contributed by atoms with Gasteiger partial charge in [0.2, 0.25) is 0 Å². The minimum absolute atomic E-state index is 0.136. The molecule has 2 aromatic carbocycles. The second-order valence-electron chi connectivity index (χ2n) is 6.66. The zero-order chi connectivity index (χ0) is 17.6. The summed E-state index contributed by atoms with van der Waals surface area (Å²) in [5.74, 6) is 0.447. The molecule has 0 radical (unpaired) electrons. The van der Waals surface area contributed by atoms with Gasteiger partial charge in [-0.15, -0.1) is 0 Å². The third-order valence-corrected chi connectivity index (χ3v) is 3.63. The lowest BCUT2D eigenvalue weighted by Gasteiger charge is -2.19. The van der Waals surface area contributed by atoms with Crippen LogP contribution in [0.2, 0.25) is 0 Å². The summed E-state index contributed by atoms with van der Waals surface area (Å²) < 4.78 is 11.3. The Bertz CT molecular complexity index is 669. The van der Waals surface area contributed by atoms with Gasteiger partial charge < -0.3 is 14.6 Å². The van der Waals surface area contributed by atoms with Gasteiger partial charge in [-0.3, -0.25) is 0 Å². The average Bonchev–Trinajstić information content (AvgIpc) is 2.54.